The largest absolute Gasteiger partial charge is 0.384 e. The van der Waals surface area contributed by atoms with Gasteiger partial charge in [-0.3, -0.25) is 0 Å². The molecule has 0 amide bonds. The Labute approximate surface area is 86.7 Å². The molecular weight excluding hydrogens is 232 g/mol. The summed E-state index contributed by atoms with van der Waals surface area (Å²) in [7, 11) is 1.69. The molecule has 72 valence electrons. The van der Waals surface area contributed by atoms with E-state index in [9.17, 15) is 0 Å². The van der Waals surface area contributed by atoms with Gasteiger partial charge in [0.2, 0.25) is 0 Å². The Hall–Kier alpha value is -0.480. The highest BCUT2D eigenvalue weighted by Gasteiger charge is 2.05. The maximum Gasteiger partial charge on any atom is 0.125 e. The molecule has 0 aliphatic carbocycles. The molecule has 1 aromatic heterocycles. The molecule has 1 heterocycles. The minimum atomic E-state index is 0.326. The van der Waals surface area contributed by atoms with Gasteiger partial charge in [0, 0.05) is 30.2 Å². The Morgan fingerprint density at radius 1 is 1.62 bits per heavy atom. The van der Waals surface area contributed by atoms with E-state index in [1.807, 2.05) is 13.0 Å². The van der Waals surface area contributed by atoms with Crippen molar-refractivity contribution in [3.05, 3.63) is 23.8 Å². The third-order valence-electron chi connectivity index (χ3n) is 1.61. The van der Waals surface area contributed by atoms with Gasteiger partial charge in [-0.15, -0.1) is 0 Å². The number of ether oxygens (including phenoxy) is 1. The number of hydrogen-bond acceptors (Lipinski definition) is 3. The van der Waals surface area contributed by atoms with E-state index < -0.39 is 0 Å². The van der Waals surface area contributed by atoms with E-state index in [-0.39, 0.29) is 0 Å². The monoisotopic (exact) mass is 244 g/mol. The Morgan fingerprint density at radius 2 is 2.38 bits per heavy atom. The van der Waals surface area contributed by atoms with Crippen LogP contribution in [0.4, 0.5) is 0 Å². The average Bonchev–Trinajstić information content (AvgIpc) is 2.04. The van der Waals surface area contributed by atoms with Crippen LogP contribution in [-0.4, -0.2) is 28.5 Å². The smallest absolute Gasteiger partial charge is 0.125 e. The molecule has 0 saturated heterocycles. The molecule has 1 rings (SSSR count). The van der Waals surface area contributed by atoms with Crippen molar-refractivity contribution >= 4 is 15.9 Å². The summed E-state index contributed by atoms with van der Waals surface area (Å²) in [6.07, 6.45) is 2.65. The lowest BCUT2D eigenvalue weighted by Crippen LogP contribution is -2.11. The van der Waals surface area contributed by atoms with Crippen LogP contribution in [0.2, 0.25) is 0 Å². The normalized spacial score (nSPS) is 12.8. The Morgan fingerprint density at radius 3 is 3.00 bits per heavy atom. The minimum absolute atomic E-state index is 0.326. The van der Waals surface area contributed by atoms with Crippen LogP contribution in [0, 0.1) is 6.92 Å². The quantitative estimate of drug-likeness (QED) is 0.758. The molecule has 13 heavy (non-hydrogen) atoms. The molecule has 1 atom stereocenters. The molecule has 0 radical (unpaired) electrons. The van der Waals surface area contributed by atoms with Gasteiger partial charge in [0.1, 0.15) is 5.82 Å². The lowest BCUT2D eigenvalue weighted by molar-refractivity contribution is 0.200. The van der Waals surface area contributed by atoms with Crippen molar-refractivity contribution in [3.8, 4) is 0 Å². The zero-order valence-electron chi connectivity index (χ0n) is 7.83. The molecule has 0 aromatic carbocycles. The van der Waals surface area contributed by atoms with Gasteiger partial charge in [-0.2, -0.15) is 0 Å². The van der Waals surface area contributed by atoms with E-state index >= 15 is 0 Å². The zero-order chi connectivity index (χ0) is 9.68. The molecule has 0 aliphatic heterocycles. The lowest BCUT2D eigenvalue weighted by Gasteiger charge is -2.07. The van der Waals surface area contributed by atoms with Crippen LogP contribution in [0.25, 0.3) is 0 Å². The summed E-state index contributed by atoms with van der Waals surface area (Å²) in [5.74, 6) is 0.814. The van der Waals surface area contributed by atoms with Crippen LogP contribution >= 0.6 is 15.9 Å². The summed E-state index contributed by atoms with van der Waals surface area (Å²) in [6, 6.07) is 1.93. The molecule has 1 unspecified atom stereocenters. The summed E-state index contributed by atoms with van der Waals surface area (Å²) >= 11 is 3.51. The van der Waals surface area contributed by atoms with Crippen LogP contribution < -0.4 is 0 Å². The topological polar surface area (TPSA) is 35.0 Å². The van der Waals surface area contributed by atoms with Gasteiger partial charge in [0.05, 0.1) is 6.61 Å². The van der Waals surface area contributed by atoms with Crippen molar-refractivity contribution in [3.63, 3.8) is 0 Å². The Bertz CT molecular complexity index is 268. The first kappa shape index (κ1) is 10.6. The molecule has 0 saturated carbocycles. The third-order valence-corrected chi connectivity index (χ3v) is 2.20. The molecule has 0 N–H and O–H groups in total. The molecule has 0 bridgehead atoms. The second-order valence-electron chi connectivity index (χ2n) is 2.85. The Balaban J connectivity index is 2.53. The van der Waals surface area contributed by atoms with Crippen molar-refractivity contribution in [1.82, 2.24) is 9.97 Å². The molecule has 3 nitrogen and oxygen atoms in total. The summed E-state index contributed by atoms with van der Waals surface area (Å²) < 4.78 is 5.02. The molecule has 0 aliphatic rings. The first-order valence-corrected chi connectivity index (χ1v) is 5.05. The lowest BCUT2D eigenvalue weighted by atomic mass is 10.2. The van der Waals surface area contributed by atoms with Crippen LogP contribution in [-0.2, 0) is 11.2 Å². The molecule has 0 spiro atoms. The highest BCUT2D eigenvalue weighted by Crippen LogP contribution is 2.07. The second-order valence-corrected chi connectivity index (χ2v) is 4.15. The molecule has 0 fully saturated rings. The van der Waals surface area contributed by atoms with Crippen molar-refractivity contribution in [1.29, 1.82) is 0 Å². The minimum Gasteiger partial charge on any atom is -0.384 e. The third kappa shape index (κ3) is 3.83. The molecular formula is C9H13BrN2O. The summed E-state index contributed by atoms with van der Waals surface area (Å²) in [5, 5.41) is 0. The number of alkyl halides is 1. The van der Waals surface area contributed by atoms with Gasteiger partial charge in [-0.1, -0.05) is 15.9 Å². The molecule has 1 aromatic rings. The van der Waals surface area contributed by atoms with Crippen molar-refractivity contribution in [2.24, 2.45) is 0 Å². The van der Waals surface area contributed by atoms with Gasteiger partial charge in [0.15, 0.2) is 0 Å². The van der Waals surface area contributed by atoms with E-state index in [1.165, 1.54) is 0 Å². The van der Waals surface area contributed by atoms with E-state index in [0.717, 1.165) is 17.9 Å². The first-order valence-electron chi connectivity index (χ1n) is 4.14. The van der Waals surface area contributed by atoms with E-state index in [4.69, 9.17) is 4.74 Å². The van der Waals surface area contributed by atoms with Gasteiger partial charge < -0.3 is 4.74 Å². The van der Waals surface area contributed by atoms with E-state index in [2.05, 4.69) is 25.9 Å². The maximum atomic E-state index is 5.02. The number of aromatic nitrogens is 2. The van der Waals surface area contributed by atoms with Gasteiger partial charge in [-0.25, -0.2) is 9.97 Å². The van der Waals surface area contributed by atoms with Crippen molar-refractivity contribution in [2.75, 3.05) is 13.7 Å². The van der Waals surface area contributed by atoms with Gasteiger partial charge in [0.25, 0.3) is 0 Å². The maximum absolute atomic E-state index is 5.02. The van der Waals surface area contributed by atoms with Gasteiger partial charge >= 0.3 is 0 Å². The second kappa shape index (κ2) is 5.29. The first-order chi connectivity index (χ1) is 6.22. The summed E-state index contributed by atoms with van der Waals surface area (Å²) in [6.45, 7) is 2.59. The highest BCUT2D eigenvalue weighted by atomic mass is 79.9. The highest BCUT2D eigenvalue weighted by molar-refractivity contribution is 9.09. The standard InChI is InChI=1S/C9H13BrN2O/c1-7-11-4-3-9(12-7)5-8(10)6-13-2/h3-4,8H,5-6H2,1-2H3. The summed E-state index contributed by atoms with van der Waals surface area (Å²) in [4.78, 5) is 8.66. The van der Waals surface area contributed by atoms with Crippen molar-refractivity contribution in [2.45, 2.75) is 18.2 Å². The predicted molar refractivity (Wildman–Crippen MR) is 55.1 cm³/mol. The Kier molecular flexibility index (Phi) is 4.32. The fourth-order valence-corrected chi connectivity index (χ4v) is 1.68. The number of hydrogen-bond donors (Lipinski definition) is 0. The SMILES string of the molecule is COCC(Br)Cc1ccnc(C)n1. The zero-order valence-corrected chi connectivity index (χ0v) is 9.41. The number of methoxy groups -OCH3 is 1. The fraction of sp³-hybridized carbons (Fsp3) is 0.556. The van der Waals surface area contributed by atoms with E-state index in [0.29, 0.717) is 11.4 Å². The van der Waals surface area contributed by atoms with Crippen LogP contribution in [0.1, 0.15) is 11.5 Å². The molecule has 4 heteroatoms. The van der Waals surface area contributed by atoms with E-state index in [1.54, 1.807) is 13.3 Å². The van der Waals surface area contributed by atoms with Crippen LogP contribution in [0.3, 0.4) is 0 Å². The van der Waals surface area contributed by atoms with Gasteiger partial charge in [-0.05, 0) is 13.0 Å². The number of aryl methyl sites for hydroxylation is 1. The average molecular weight is 245 g/mol. The number of halogens is 1. The van der Waals surface area contributed by atoms with Crippen LogP contribution in [0.5, 0.6) is 0 Å². The number of nitrogens with zero attached hydrogens (tertiary/aromatic N) is 2. The number of rotatable bonds is 4. The fourth-order valence-electron chi connectivity index (χ4n) is 1.09. The van der Waals surface area contributed by atoms with Crippen LogP contribution in [0.15, 0.2) is 12.3 Å². The van der Waals surface area contributed by atoms with Crippen molar-refractivity contribution < 1.29 is 4.74 Å². The summed E-state index contributed by atoms with van der Waals surface area (Å²) in [5.41, 5.74) is 1.05. The predicted octanol–water partition coefficient (Wildman–Crippen LogP) is 1.74.